The van der Waals surface area contributed by atoms with Crippen LogP contribution in [0.25, 0.3) is 0 Å². The summed E-state index contributed by atoms with van der Waals surface area (Å²) in [5.41, 5.74) is -1.01. The van der Waals surface area contributed by atoms with Gasteiger partial charge in [0.05, 0.1) is 6.07 Å². The average Bonchev–Trinajstić information content (AvgIpc) is 2.46. The Kier molecular flexibility index (Phi) is 6.83. The highest BCUT2D eigenvalue weighted by atomic mass is 16.6. The molecule has 0 radical (unpaired) electrons. The molecule has 1 aliphatic rings. The first-order valence-corrected chi connectivity index (χ1v) is 8.14. The minimum absolute atomic E-state index is 0.0561. The number of alkyl carbamates (subject to hydrolysis) is 1. The number of carbonyl (C=O) groups excluding carboxylic acids is 1. The van der Waals surface area contributed by atoms with Crippen molar-refractivity contribution in [3.63, 3.8) is 0 Å². The molecular formula is C18H29N3O2. The van der Waals surface area contributed by atoms with Crippen LogP contribution in [0.1, 0.15) is 46.5 Å². The van der Waals surface area contributed by atoms with Gasteiger partial charge in [-0.05, 0) is 46.5 Å². The van der Waals surface area contributed by atoms with Gasteiger partial charge < -0.3 is 10.1 Å². The monoisotopic (exact) mass is 319 g/mol. The van der Waals surface area contributed by atoms with E-state index in [0.717, 1.165) is 12.8 Å². The van der Waals surface area contributed by atoms with Gasteiger partial charge in [0, 0.05) is 19.1 Å². The Balaban J connectivity index is 2.64. The summed E-state index contributed by atoms with van der Waals surface area (Å²) in [6.45, 7) is 14.4. The third-order valence-electron chi connectivity index (χ3n) is 4.05. The maximum Gasteiger partial charge on any atom is 0.407 e. The van der Waals surface area contributed by atoms with Crippen molar-refractivity contribution in [3.05, 3.63) is 25.3 Å². The molecule has 1 fully saturated rings. The number of hydrogen-bond acceptors (Lipinski definition) is 4. The molecule has 5 nitrogen and oxygen atoms in total. The van der Waals surface area contributed by atoms with E-state index in [1.807, 2.05) is 32.9 Å². The molecule has 128 valence electrons. The highest BCUT2D eigenvalue weighted by Crippen LogP contribution is 2.33. The smallest absolute Gasteiger partial charge is 0.407 e. The van der Waals surface area contributed by atoms with Gasteiger partial charge in [-0.2, -0.15) is 5.26 Å². The van der Waals surface area contributed by atoms with Crippen LogP contribution in [0, 0.1) is 11.3 Å². The zero-order valence-electron chi connectivity index (χ0n) is 14.6. The first-order valence-electron chi connectivity index (χ1n) is 8.14. The number of nitrogens with one attached hydrogen (secondary N) is 1. The Morgan fingerprint density at radius 3 is 2.26 bits per heavy atom. The third-order valence-corrected chi connectivity index (χ3v) is 4.05. The summed E-state index contributed by atoms with van der Waals surface area (Å²) in [6.07, 6.45) is 6.19. The lowest BCUT2D eigenvalue weighted by Crippen LogP contribution is -2.53. The van der Waals surface area contributed by atoms with Crippen LogP contribution >= 0.6 is 0 Å². The van der Waals surface area contributed by atoms with E-state index in [-0.39, 0.29) is 12.1 Å². The maximum absolute atomic E-state index is 11.9. The second-order valence-electron chi connectivity index (χ2n) is 7.05. The molecule has 1 N–H and O–H groups in total. The van der Waals surface area contributed by atoms with Gasteiger partial charge in [0.2, 0.25) is 0 Å². The van der Waals surface area contributed by atoms with Gasteiger partial charge in [-0.3, -0.25) is 4.90 Å². The molecule has 0 aromatic heterocycles. The summed E-state index contributed by atoms with van der Waals surface area (Å²) in [7, 11) is 0. The van der Waals surface area contributed by atoms with E-state index >= 15 is 0 Å². The van der Waals surface area contributed by atoms with Gasteiger partial charge in [0.15, 0.2) is 0 Å². The van der Waals surface area contributed by atoms with E-state index in [9.17, 15) is 10.1 Å². The van der Waals surface area contributed by atoms with E-state index in [1.54, 1.807) is 0 Å². The van der Waals surface area contributed by atoms with Gasteiger partial charge in [0.1, 0.15) is 11.1 Å². The molecular weight excluding hydrogens is 290 g/mol. The van der Waals surface area contributed by atoms with Crippen LogP contribution in [0.5, 0.6) is 0 Å². The largest absolute Gasteiger partial charge is 0.444 e. The number of nitrogens with zero attached hydrogens (tertiary/aromatic N) is 2. The van der Waals surface area contributed by atoms with Crippen molar-refractivity contribution in [3.8, 4) is 6.07 Å². The predicted octanol–water partition coefficient (Wildman–Crippen LogP) is 3.39. The lowest BCUT2D eigenvalue weighted by molar-refractivity contribution is 0.0459. The number of ether oxygens (including phenoxy) is 1. The normalized spacial score (nSPS) is 24.6. The summed E-state index contributed by atoms with van der Waals surface area (Å²) in [4.78, 5) is 14.0. The summed E-state index contributed by atoms with van der Waals surface area (Å²) in [6, 6.07) is 2.54. The SMILES string of the molecule is C=CCN(CC=C)C1(C#N)CCC(NC(=O)OC(C)(C)C)CC1. The number of amides is 1. The molecule has 0 heterocycles. The summed E-state index contributed by atoms with van der Waals surface area (Å²) < 4.78 is 5.29. The van der Waals surface area contributed by atoms with Crippen LogP contribution in [-0.2, 0) is 4.74 Å². The van der Waals surface area contributed by atoms with Crippen LogP contribution in [-0.4, -0.2) is 41.3 Å². The number of hydrogen-bond donors (Lipinski definition) is 1. The van der Waals surface area contributed by atoms with Crippen molar-refractivity contribution in [1.82, 2.24) is 10.2 Å². The van der Waals surface area contributed by atoms with Crippen molar-refractivity contribution < 1.29 is 9.53 Å². The van der Waals surface area contributed by atoms with E-state index in [4.69, 9.17) is 4.74 Å². The molecule has 0 aromatic carbocycles. The first kappa shape index (κ1) is 19.2. The molecule has 1 aliphatic carbocycles. The van der Waals surface area contributed by atoms with Gasteiger partial charge in [0.25, 0.3) is 0 Å². The Morgan fingerprint density at radius 2 is 1.87 bits per heavy atom. The predicted molar refractivity (Wildman–Crippen MR) is 91.9 cm³/mol. The van der Waals surface area contributed by atoms with Gasteiger partial charge in [-0.1, -0.05) is 12.2 Å². The summed E-state index contributed by atoms with van der Waals surface area (Å²) >= 11 is 0. The Morgan fingerprint density at radius 1 is 1.35 bits per heavy atom. The van der Waals surface area contributed by atoms with Crippen molar-refractivity contribution in [2.24, 2.45) is 0 Å². The molecule has 0 aliphatic heterocycles. The van der Waals surface area contributed by atoms with Crippen molar-refractivity contribution >= 4 is 6.09 Å². The lowest BCUT2D eigenvalue weighted by atomic mass is 9.79. The van der Waals surface area contributed by atoms with Gasteiger partial charge in [-0.25, -0.2) is 4.79 Å². The highest BCUT2D eigenvalue weighted by molar-refractivity contribution is 5.68. The van der Waals surface area contributed by atoms with Gasteiger partial charge >= 0.3 is 6.09 Å². The Labute approximate surface area is 140 Å². The van der Waals surface area contributed by atoms with Crippen LogP contribution in [0.2, 0.25) is 0 Å². The zero-order valence-corrected chi connectivity index (χ0v) is 14.6. The van der Waals surface area contributed by atoms with Crippen molar-refractivity contribution in [1.29, 1.82) is 5.26 Å². The van der Waals surface area contributed by atoms with E-state index in [1.165, 1.54) is 0 Å². The molecule has 5 heteroatoms. The molecule has 1 saturated carbocycles. The van der Waals surface area contributed by atoms with Crippen molar-refractivity contribution in [2.75, 3.05) is 13.1 Å². The maximum atomic E-state index is 11.9. The molecule has 1 rings (SSSR count). The number of nitriles is 1. The number of rotatable bonds is 6. The molecule has 0 aromatic rings. The molecule has 0 saturated heterocycles. The topological polar surface area (TPSA) is 65.4 Å². The fraction of sp³-hybridized carbons (Fsp3) is 0.667. The van der Waals surface area contributed by atoms with Crippen LogP contribution in [0.3, 0.4) is 0 Å². The second kappa shape index (κ2) is 8.16. The minimum Gasteiger partial charge on any atom is -0.444 e. The van der Waals surface area contributed by atoms with Crippen LogP contribution in [0.4, 0.5) is 4.79 Å². The Bertz CT molecular complexity index is 456. The van der Waals surface area contributed by atoms with Crippen LogP contribution in [0.15, 0.2) is 25.3 Å². The van der Waals surface area contributed by atoms with Gasteiger partial charge in [-0.15, -0.1) is 13.2 Å². The first-order chi connectivity index (χ1) is 10.8. The van der Waals surface area contributed by atoms with E-state index in [0.29, 0.717) is 25.9 Å². The average molecular weight is 319 g/mol. The molecule has 0 spiro atoms. The fourth-order valence-corrected chi connectivity index (χ4v) is 2.95. The minimum atomic E-state index is -0.505. The third kappa shape index (κ3) is 5.72. The molecule has 0 unspecified atom stereocenters. The molecule has 1 amide bonds. The van der Waals surface area contributed by atoms with Crippen molar-refractivity contribution in [2.45, 2.75) is 63.6 Å². The summed E-state index contributed by atoms with van der Waals surface area (Å²) in [5.74, 6) is 0. The second-order valence-corrected chi connectivity index (χ2v) is 7.05. The quantitative estimate of drug-likeness (QED) is 0.762. The number of carbonyl (C=O) groups is 1. The molecule has 0 atom stereocenters. The molecule has 23 heavy (non-hydrogen) atoms. The summed E-state index contributed by atoms with van der Waals surface area (Å²) in [5, 5.41) is 12.6. The standard InChI is InChI=1S/C18H29N3O2/c1-6-12-21(13-7-2)18(14-19)10-8-15(9-11-18)20-16(22)23-17(3,4)5/h6-7,15H,1-2,8-13H2,3-5H3,(H,20,22). The van der Waals surface area contributed by atoms with E-state index in [2.05, 4.69) is 29.4 Å². The highest BCUT2D eigenvalue weighted by Gasteiger charge is 2.40. The molecule has 0 bridgehead atoms. The Hall–Kier alpha value is -1.80. The zero-order chi connectivity index (χ0) is 17.5. The van der Waals surface area contributed by atoms with E-state index < -0.39 is 11.1 Å². The lowest BCUT2D eigenvalue weighted by Gasteiger charge is -2.42. The fourth-order valence-electron chi connectivity index (χ4n) is 2.95. The van der Waals surface area contributed by atoms with Crippen LogP contribution < -0.4 is 5.32 Å².